The first-order chi connectivity index (χ1) is 8.28. The van der Waals surface area contributed by atoms with Crippen molar-refractivity contribution in [2.24, 2.45) is 10.4 Å². The molecule has 0 bridgehead atoms. The Morgan fingerprint density at radius 3 is 2.88 bits per heavy atom. The second-order valence-corrected chi connectivity index (χ2v) is 4.52. The standard InChI is InChI=1S/C12H19N3O2/c1-13-11(14-7-10-3-2-6-17-10)15-8-12(9-16)4-5-12/h2-3,6,16H,4-5,7-9H2,1H3,(H2,13,14,15). The quantitative estimate of drug-likeness (QED) is 0.521. The lowest BCUT2D eigenvalue weighted by Crippen LogP contribution is -2.40. The van der Waals surface area contributed by atoms with Gasteiger partial charge >= 0.3 is 0 Å². The van der Waals surface area contributed by atoms with Crippen molar-refractivity contribution in [3.63, 3.8) is 0 Å². The Kier molecular flexibility index (Phi) is 3.68. The molecule has 0 radical (unpaired) electrons. The molecule has 1 saturated carbocycles. The lowest BCUT2D eigenvalue weighted by molar-refractivity contribution is 0.212. The van der Waals surface area contributed by atoms with Crippen LogP contribution < -0.4 is 10.6 Å². The summed E-state index contributed by atoms with van der Waals surface area (Å²) in [7, 11) is 1.73. The van der Waals surface area contributed by atoms with Crippen LogP contribution in [0.4, 0.5) is 0 Å². The monoisotopic (exact) mass is 237 g/mol. The van der Waals surface area contributed by atoms with Crippen LogP contribution >= 0.6 is 0 Å². The number of nitrogens with one attached hydrogen (secondary N) is 2. The normalized spacial score (nSPS) is 17.9. The summed E-state index contributed by atoms with van der Waals surface area (Å²) in [6.45, 7) is 1.62. The summed E-state index contributed by atoms with van der Waals surface area (Å²) in [5.41, 5.74) is 0.0856. The van der Waals surface area contributed by atoms with Crippen molar-refractivity contribution in [3.05, 3.63) is 24.2 Å². The number of furan rings is 1. The Bertz CT molecular complexity index is 369. The van der Waals surface area contributed by atoms with Gasteiger partial charge in [-0.2, -0.15) is 0 Å². The fraction of sp³-hybridized carbons (Fsp3) is 0.583. The lowest BCUT2D eigenvalue weighted by Gasteiger charge is -2.15. The van der Waals surface area contributed by atoms with Crippen molar-refractivity contribution in [1.29, 1.82) is 0 Å². The minimum absolute atomic E-state index is 0.0856. The molecular weight excluding hydrogens is 218 g/mol. The molecule has 0 atom stereocenters. The molecule has 1 aliphatic rings. The zero-order chi connectivity index (χ0) is 12.1. The molecule has 0 saturated heterocycles. The van der Waals surface area contributed by atoms with E-state index in [9.17, 15) is 5.11 Å². The first kappa shape index (κ1) is 12.0. The summed E-state index contributed by atoms with van der Waals surface area (Å²) in [5.74, 6) is 1.61. The number of aliphatic imine (C=N–C) groups is 1. The van der Waals surface area contributed by atoms with Crippen LogP contribution in [-0.2, 0) is 6.54 Å². The van der Waals surface area contributed by atoms with Crippen molar-refractivity contribution in [2.75, 3.05) is 20.2 Å². The molecule has 17 heavy (non-hydrogen) atoms. The Balaban J connectivity index is 1.74. The van der Waals surface area contributed by atoms with Crippen molar-refractivity contribution in [3.8, 4) is 0 Å². The predicted octanol–water partition coefficient (Wildman–Crippen LogP) is 0.717. The third-order valence-corrected chi connectivity index (χ3v) is 3.16. The fourth-order valence-corrected chi connectivity index (χ4v) is 1.64. The molecule has 0 amide bonds. The van der Waals surface area contributed by atoms with E-state index >= 15 is 0 Å². The molecule has 5 heteroatoms. The van der Waals surface area contributed by atoms with E-state index in [-0.39, 0.29) is 12.0 Å². The molecule has 3 N–H and O–H groups in total. The van der Waals surface area contributed by atoms with E-state index in [0.717, 1.165) is 31.1 Å². The van der Waals surface area contributed by atoms with Gasteiger partial charge in [-0.25, -0.2) is 0 Å². The maximum atomic E-state index is 9.21. The smallest absolute Gasteiger partial charge is 0.191 e. The Morgan fingerprint density at radius 1 is 1.53 bits per heavy atom. The number of guanidine groups is 1. The van der Waals surface area contributed by atoms with Crippen molar-refractivity contribution in [2.45, 2.75) is 19.4 Å². The number of aliphatic hydroxyl groups excluding tert-OH is 1. The number of hydrogen-bond acceptors (Lipinski definition) is 3. The topological polar surface area (TPSA) is 69.8 Å². The largest absolute Gasteiger partial charge is 0.467 e. The summed E-state index contributed by atoms with van der Waals surface area (Å²) in [5, 5.41) is 15.6. The SMILES string of the molecule is CN=C(NCc1ccco1)NCC1(CO)CC1. The van der Waals surface area contributed by atoms with E-state index in [2.05, 4.69) is 15.6 Å². The highest BCUT2D eigenvalue weighted by Gasteiger charge is 2.41. The summed E-state index contributed by atoms with van der Waals surface area (Å²) in [6.07, 6.45) is 3.83. The highest BCUT2D eigenvalue weighted by molar-refractivity contribution is 5.79. The van der Waals surface area contributed by atoms with E-state index in [1.807, 2.05) is 12.1 Å². The van der Waals surface area contributed by atoms with E-state index in [1.54, 1.807) is 13.3 Å². The van der Waals surface area contributed by atoms with Gasteiger partial charge in [0, 0.05) is 19.0 Å². The van der Waals surface area contributed by atoms with Gasteiger partial charge in [-0.05, 0) is 25.0 Å². The third-order valence-electron chi connectivity index (χ3n) is 3.16. The Morgan fingerprint density at radius 2 is 2.35 bits per heavy atom. The molecule has 1 aromatic heterocycles. The first-order valence-electron chi connectivity index (χ1n) is 5.86. The number of nitrogens with zero attached hydrogens (tertiary/aromatic N) is 1. The molecule has 0 aromatic carbocycles. The van der Waals surface area contributed by atoms with Crippen LogP contribution in [-0.4, -0.2) is 31.3 Å². The Labute approximate surface area is 101 Å². The minimum atomic E-state index is 0.0856. The molecule has 5 nitrogen and oxygen atoms in total. The molecule has 1 fully saturated rings. The zero-order valence-corrected chi connectivity index (χ0v) is 10.1. The van der Waals surface area contributed by atoms with Crippen molar-refractivity contribution < 1.29 is 9.52 Å². The highest BCUT2D eigenvalue weighted by Crippen LogP contribution is 2.44. The average Bonchev–Trinajstić information content (AvgIpc) is 2.96. The van der Waals surface area contributed by atoms with Crippen LogP contribution in [0.2, 0.25) is 0 Å². The predicted molar refractivity (Wildman–Crippen MR) is 65.7 cm³/mol. The average molecular weight is 237 g/mol. The number of aliphatic hydroxyl groups is 1. The molecular formula is C12H19N3O2. The van der Waals surface area contributed by atoms with Crippen LogP contribution in [0.5, 0.6) is 0 Å². The second-order valence-electron chi connectivity index (χ2n) is 4.52. The molecule has 0 aliphatic heterocycles. The van der Waals surface area contributed by atoms with Crippen LogP contribution in [0.1, 0.15) is 18.6 Å². The number of rotatable bonds is 5. The third kappa shape index (κ3) is 3.23. The van der Waals surface area contributed by atoms with Crippen molar-refractivity contribution in [1.82, 2.24) is 10.6 Å². The highest BCUT2D eigenvalue weighted by atomic mass is 16.3. The van der Waals surface area contributed by atoms with Gasteiger partial charge in [0.1, 0.15) is 5.76 Å². The van der Waals surface area contributed by atoms with Gasteiger partial charge in [0.2, 0.25) is 0 Å². The van der Waals surface area contributed by atoms with Gasteiger partial charge in [-0.15, -0.1) is 0 Å². The maximum Gasteiger partial charge on any atom is 0.191 e. The van der Waals surface area contributed by atoms with E-state index < -0.39 is 0 Å². The van der Waals surface area contributed by atoms with Gasteiger partial charge in [0.15, 0.2) is 5.96 Å². The maximum absolute atomic E-state index is 9.21. The molecule has 1 heterocycles. The van der Waals surface area contributed by atoms with Gasteiger partial charge < -0.3 is 20.2 Å². The van der Waals surface area contributed by atoms with E-state index in [1.165, 1.54) is 0 Å². The van der Waals surface area contributed by atoms with Crippen molar-refractivity contribution >= 4 is 5.96 Å². The van der Waals surface area contributed by atoms with E-state index in [0.29, 0.717) is 6.54 Å². The summed E-state index contributed by atoms with van der Waals surface area (Å²) in [4.78, 5) is 4.12. The van der Waals surface area contributed by atoms with Gasteiger partial charge in [0.25, 0.3) is 0 Å². The zero-order valence-electron chi connectivity index (χ0n) is 10.1. The summed E-state index contributed by atoms with van der Waals surface area (Å²) < 4.78 is 5.22. The summed E-state index contributed by atoms with van der Waals surface area (Å²) >= 11 is 0. The first-order valence-corrected chi connectivity index (χ1v) is 5.86. The lowest BCUT2D eigenvalue weighted by atomic mass is 10.1. The second kappa shape index (κ2) is 5.23. The minimum Gasteiger partial charge on any atom is -0.467 e. The molecule has 0 unspecified atom stereocenters. The van der Waals surface area contributed by atoms with Gasteiger partial charge in [0.05, 0.1) is 19.4 Å². The Hall–Kier alpha value is -1.49. The van der Waals surface area contributed by atoms with Crippen LogP contribution in [0.25, 0.3) is 0 Å². The molecule has 0 spiro atoms. The fourth-order valence-electron chi connectivity index (χ4n) is 1.64. The molecule has 1 aliphatic carbocycles. The molecule has 1 aromatic rings. The van der Waals surface area contributed by atoms with Crippen LogP contribution in [0.3, 0.4) is 0 Å². The summed E-state index contributed by atoms with van der Waals surface area (Å²) in [6, 6.07) is 3.77. The van der Waals surface area contributed by atoms with Gasteiger partial charge in [-0.3, -0.25) is 4.99 Å². The van der Waals surface area contributed by atoms with Gasteiger partial charge in [-0.1, -0.05) is 0 Å². The molecule has 2 rings (SSSR count). The molecule has 94 valence electrons. The van der Waals surface area contributed by atoms with Crippen LogP contribution in [0.15, 0.2) is 27.8 Å². The van der Waals surface area contributed by atoms with E-state index in [4.69, 9.17) is 4.42 Å². The van der Waals surface area contributed by atoms with Crippen LogP contribution in [0, 0.1) is 5.41 Å². The number of hydrogen-bond donors (Lipinski definition) is 3.